The van der Waals surface area contributed by atoms with Gasteiger partial charge in [0, 0.05) is 18.6 Å². The van der Waals surface area contributed by atoms with Gasteiger partial charge in [-0.25, -0.2) is 0 Å². The van der Waals surface area contributed by atoms with E-state index in [2.05, 4.69) is 30.6 Å². The molecule has 0 aliphatic heterocycles. The monoisotopic (exact) mass is 210 g/mol. The third-order valence-electron chi connectivity index (χ3n) is 3.07. The first-order valence-corrected chi connectivity index (χ1v) is 6.36. The first-order chi connectivity index (χ1) is 7.27. The second kappa shape index (κ2) is 7.02. The Morgan fingerprint density at radius 2 is 2.27 bits per heavy atom. The molecular formula is C13H26N2. The van der Waals surface area contributed by atoms with Crippen molar-refractivity contribution in [2.24, 2.45) is 0 Å². The molecule has 0 aromatic carbocycles. The molecule has 0 radical (unpaired) electrons. The summed E-state index contributed by atoms with van der Waals surface area (Å²) in [6, 6.07) is 1.52. The van der Waals surface area contributed by atoms with E-state index in [1.165, 1.54) is 38.8 Å². The van der Waals surface area contributed by atoms with Crippen molar-refractivity contribution < 1.29 is 0 Å². The van der Waals surface area contributed by atoms with Crippen LogP contribution in [0, 0.1) is 0 Å². The van der Waals surface area contributed by atoms with E-state index in [9.17, 15) is 0 Å². The Morgan fingerprint density at radius 1 is 1.53 bits per heavy atom. The van der Waals surface area contributed by atoms with Crippen LogP contribution in [0.5, 0.6) is 0 Å². The van der Waals surface area contributed by atoms with Gasteiger partial charge in [-0.05, 0) is 45.7 Å². The SMILES string of the molecule is C=CCN(CCC)C(C)CCNC1CC1. The Kier molecular flexibility index (Phi) is 5.96. The number of hydrogen-bond acceptors (Lipinski definition) is 2. The maximum Gasteiger partial charge on any atom is 0.0163 e. The zero-order valence-electron chi connectivity index (χ0n) is 10.3. The molecule has 1 atom stereocenters. The van der Waals surface area contributed by atoms with Crippen LogP contribution in [0.4, 0.5) is 0 Å². The third kappa shape index (κ3) is 5.33. The standard InChI is InChI=1S/C13H26N2/c1-4-10-15(11-5-2)12(3)8-9-14-13-6-7-13/h4,12-14H,1,5-11H2,2-3H3. The highest BCUT2D eigenvalue weighted by molar-refractivity contribution is 4.82. The highest BCUT2D eigenvalue weighted by Crippen LogP contribution is 2.18. The zero-order chi connectivity index (χ0) is 11.1. The summed E-state index contributed by atoms with van der Waals surface area (Å²) in [4.78, 5) is 2.52. The Labute approximate surface area is 94.7 Å². The highest BCUT2D eigenvalue weighted by Gasteiger charge is 2.20. The third-order valence-corrected chi connectivity index (χ3v) is 3.07. The number of hydrogen-bond donors (Lipinski definition) is 1. The number of rotatable bonds is 9. The van der Waals surface area contributed by atoms with Crippen LogP contribution in [0.15, 0.2) is 12.7 Å². The van der Waals surface area contributed by atoms with Crippen LogP contribution >= 0.6 is 0 Å². The molecule has 1 rings (SSSR count). The quantitative estimate of drug-likeness (QED) is 0.588. The van der Waals surface area contributed by atoms with Crippen molar-refractivity contribution >= 4 is 0 Å². The second-order valence-electron chi connectivity index (χ2n) is 4.65. The van der Waals surface area contributed by atoms with E-state index in [1.54, 1.807) is 0 Å². The van der Waals surface area contributed by atoms with Crippen LogP contribution in [0.2, 0.25) is 0 Å². The van der Waals surface area contributed by atoms with Crippen LogP contribution in [0.3, 0.4) is 0 Å². The molecule has 0 aromatic rings. The van der Waals surface area contributed by atoms with E-state index >= 15 is 0 Å². The van der Waals surface area contributed by atoms with Gasteiger partial charge in [-0.2, -0.15) is 0 Å². The maximum atomic E-state index is 3.83. The van der Waals surface area contributed by atoms with Crippen molar-refractivity contribution in [3.05, 3.63) is 12.7 Å². The van der Waals surface area contributed by atoms with Gasteiger partial charge in [0.05, 0.1) is 0 Å². The van der Waals surface area contributed by atoms with Gasteiger partial charge in [0.1, 0.15) is 0 Å². The Morgan fingerprint density at radius 3 is 2.80 bits per heavy atom. The molecule has 0 spiro atoms. The zero-order valence-corrected chi connectivity index (χ0v) is 10.3. The fourth-order valence-corrected chi connectivity index (χ4v) is 1.91. The Hall–Kier alpha value is -0.340. The van der Waals surface area contributed by atoms with Crippen molar-refractivity contribution in [2.45, 2.75) is 51.6 Å². The normalized spacial score (nSPS) is 18.1. The summed E-state index contributed by atoms with van der Waals surface area (Å²) in [5.41, 5.74) is 0. The summed E-state index contributed by atoms with van der Waals surface area (Å²) in [6.45, 7) is 11.8. The summed E-state index contributed by atoms with van der Waals surface area (Å²) in [5.74, 6) is 0. The van der Waals surface area contributed by atoms with Gasteiger partial charge in [0.25, 0.3) is 0 Å². The largest absolute Gasteiger partial charge is 0.314 e. The van der Waals surface area contributed by atoms with Crippen LogP contribution in [0.25, 0.3) is 0 Å². The van der Waals surface area contributed by atoms with Gasteiger partial charge in [-0.1, -0.05) is 13.0 Å². The minimum atomic E-state index is 0.675. The number of nitrogens with one attached hydrogen (secondary N) is 1. The van der Waals surface area contributed by atoms with E-state index in [0.29, 0.717) is 6.04 Å². The molecule has 0 aromatic heterocycles. The molecule has 2 heteroatoms. The molecule has 15 heavy (non-hydrogen) atoms. The van der Waals surface area contributed by atoms with E-state index in [4.69, 9.17) is 0 Å². The van der Waals surface area contributed by atoms with E-state index in [0.717, 1.165) is 12.6 Å². The van der Waals surface area contributed by atoms with Crippen LogP contribution in [-0.4, -0.2) is 36.6 Å². The summed E-state index contributed by atoms with van der Waals surface area (Å²) < 4.78 is 0. The van der Waals surface area contributed by atoms with Crippen molar-refractivity contribution in [3.63, 3.8) is 0 Å². The molecule has 1 unspecified atom stereocenters. The molecule has 0 amide bonds. The average molecular weight is 210 g/mol. The summed E-state index contributed by atoms with van der Waals surface area (Å²) in [6.07, 6.45) is 7.28. The first kappa shape index (κ1) is 12.7. The number of nitrogens with zero attached hydrogens (tertiary/aromatic N) is 1. The van der Waals surface area contributed by atoms with E-state index in [-0.39, 0.29) is 0 Å². The minimum absolute atomic E-state index is 0.675. The van der Waals surface area contributed by atoms with Crippen molar-refractivity contribution in [2.75, 3.05) is 19.6 Å². The maximum absolute atomic E-state index is 3.83. The van der Waals surface area contributed by atoms with Gasteiger partial charge in [0.2, 0.25) is 0 Å². The molecule has 0 bridgehead atoms. The molecule has 88 valence electrons. The van der Waals surface area contributed by atoms with E-state index < -0.39 is 0 Å². The first-order valence-electron chi connectivity index (χ1n) is 6.36. The lowest BCUT2D eigenvalue weighted by molar-refractivity contribution is 0.220. The van der Waals surface area contributed by atoms with Crippen LogP contribution < -0.4 is 5.32 Å². The Balaban J connectivity index is 2.13. The van der Waals surface area contributed by atoms with E-state index in [1.807, 2.05) is 6.08 Å². The molecule has 1 N–H and O–H groups in total. The van der Waals surface area contributed by atoms with Crippen LogP contribution in [0.1, 0.15) is 39.5 Å². The molecule has 0 saturated heterocycles. The molecule has 1 fully saturated rings. The minimum Gasteiger partial charge on any atom is -0.314 e. The fourth-order valence-electron chi connectivity index (χ4n) is 1.91. The summed E-state index contributed by atoms with van der Waals surface area (Å²) >= 11 is 0. The lowest BCUT2D eigenvalue weighted by Crippen LogP contribution is -2.36. The fraction of sp³-hybridized carbons (Fsp3) is 0.846. The molecule has 1 aliphatic carbocycles. The van der Waals surface area contributed by atoms with Gasteiger partial charge >= 0.3 is 0 Å². The molecule has 1 saturated carbocycles. The van der Waals surface area contributed by atoms with Crippen molar-refractivity contribution in [1.82, 2.24) is 10.2 Å². The lowest BCUT2D eigenvalue weighted by Gasteiger charge is -2.27. The molecular weight excluding hydrogens is 184 g/mol. The molecule has 1 aliphatic rings. The van der Waals surface area contributed by atoms with Gasteiger partial charge < -0.3 is 5.32 Å². The average Bonchev–Trinajstić information content (AvgIpc) is 3.01. The van der Waals surface area contributed by atoms with Gasteiger partial charge in [-0.15, -0.1) is 6.58 Å². The smallest absolute Gasteiger partial charge is 0.0163 e. The molecule has 2 nitrogen and oxygen atoms in total. The van der Waals surface area contributed by atoms with Gasteiger partial charge in [-0.3, -0.25) is 4.90 Å². The lowest BCUT2D eigenvalue weighted by atomic mass is 10.2. The topological polar surface area (TPSA) is 15.3 Å². The van der Waals surface area contributed by atoms with Crippen LogP contribution in [-0.2, 0) is 0 Å². The Bertz CT molecular complexity index is 175. The van der Waals surface area contributed by atoms with Gasteiger partial charge in [0.15, 0.2) is 0 Å². The summed E-state index contributed by atoms with van der Waals surface area (Å²) in [5, 5.41) is 3.57. The second-order valence-corrected chi connectivity index (χ2v) is 4.65. The van der Waals surface area contributed by atoms with Crippen molar-refractivity contribution in [3.8, 4) is 0 Å². The summed E-state index contributed by atoms with van der Waals surface area (Å²) in [7, 11) is 0. The molecule has 0 heterocycles. The predicted molar refractivity (Wildman–Crippen MR) is 67.2 cm³/mol. The highest BCUT2D eigenvalue weighted by atomic mass is 15.1. The predicted octanol–water partition coefficient (Wildman–Crippen LogP) is 2.42. The van der Waals surface area contributed by atoms with Crippen molar-refractivity contribution in [1.29, 1.82) is 0 Å².